The Balaban J connectivity index is 1.34. The lowest BCUT2D eigenvalue weighted by Gasteiger charge is -2.30. The van der Waals surface area contributed by atoms with Gasteiger partial charge < -0.3 is 4.42 Å². The molecule has 5 rings (SSSR count). The number of rotatable bonds is 4. The summed E-state index contributed by atoms with van der Waals surface area (Å²) < 4.78 is 6.91. The third-order valence-corrected chi connectivity index (χ3v) is 6.47. The molecule has 1 fully saturated rings. The van der Waals surface area contributed by atoms with E-state index in [4.69, 9.17) is 16.0 Å². The second kappa shape index (κ2) is 7.35. The minimum Gasteiger partial charge on any atom is -0.423 e. The monoisotopic (exact) mass is 412 g/mol. The van der Waals surface area contributed by atoms with Gasteiger partial charge in [-0.2, -0.15) is 4.98 Å². The van der Waals surface area contributed by atoms with Crippen LogP contribution >= 0.6 is 22.9 Å². The van der Waals surface area contributed by atoms with E-state index in [1.54, 1.807) is 23.5 Å². The van der Waals surface area contributed by atoms with E-state index in [-0.39, 0.29) is 0 Å². The van der Waals surface area contributed by atoms with Crippen molar-refractivity contribution in [2.75, 3.05) is 18.4 Å². The van der Waals surface area contributed by atoms with E-state index in [0.717, 1.165) is 28.6 Å². The summed E-state index contributed by atoms with van der Waals surface area (Å²) in [6.45, 7) is 5.74. The number of hydrogen-bond donors (Lipinski definition) is 1. The van der Waals surface area contributed by atoms with Crippen molar-refractivity contribution in [2.24, 2.45) is 5.92 Å². The van der Waals surface area contributed by atoms with Crippen molar-refractivity contribution in [2.45, 2.75) is 26.3 Å². The topological polar surface area (TPSA) is 54.2 Å². The summed E-state index contributed by atoms with van der Waals surface area (Å²) in [4.78, 5) is 11.6. The summed E-state index contributed by atoms with van der Waals surface area (Å²) in [7, 11) is 0. The van der Waals surface area contributed by atoms with Crippen molar-refractivity contribution < 1.29 is 4.42 Å². The summed E-state index contributed by atoms with van der Waals surface area (Å²) >= 11 is 7.63. The number of benzene rings is 2. The molecule has 0 amide bonds. The normalized spacial score (nSPS) is 16.2. The molecule has 0 saturated carbocycles. The predicted molar refractivity (Wildman–Crippen MR) is 116 cm³/mol. The molecule has 28 heavy (non-hydrogen) atoms. The fourth-order valence-corrected chi connectivity index (χ4v) is 4.73. The molecule has 7 heteroatoms. The highest BCUT2D eigenvalue weighted by Gasteiger charge is 2.16. The molecule has 4 aromatic rings. The largest absolute Gasteiger partial charge is 0.423 e. The molecule has 0 atom stereocenters. The number of nitrogens with one attached hydrogen (secondary N) is 1. The number of fused-ring (bicyclic) bond motifs is 2. The van der Waals surface area contributed by atoms with Crippen LogP contribution in [-0.4, -0.2) is 28.0 Å². The van der Waals surface area contributed by atoms with E-state index in [1.165, 1.54) is 36.2 Å². The van der Waals surface area contributed by atoms with E-state index in [1.807, 2.05) is 6.07 Å². The van der Waals surface area contributed by atoms with Crippen LogP contribution in [0.5, 0.6) is 0 Å². The Labute approximate surface area is 172 Å². The van der Waals surface area contributed by atoms with Crippen LogP contribution in [0.25, 0.3) is 21.3 Å². The molecule has 0 spiro atoms. The number of aromatic nitrogens is 2. The van der Waals surface area contributed by atoms with Crippen molar-refractivity contribution in [1.82, 2.24) is 14.9 Å². The SMILES string of the molecule is CC1CCN(Cc2ccc3nc(Nc4nc5cc(Cl)ccc5o4)sc3c2)CC1. The first kappa shape index (κ1) is 17.9. The van der Waals surface area contributed by atoms with Gasteiger partial charge in [0.05, 0.1) is 10.2 Å². The van der Waals surface area contributed by atoms with Crippen LogP contribution in [0, 0.1) is 5.92 Å². The van der Waals surface area contributed by atoms with Gasteiger partial charge in [-0.1, -0.05) is 35.9 Å². The third kappa shape index (κ3) is 3.72. The zero-order valence-corrected chi connectivity index (χ0v) is 17.2. The first-order valence-corrected chi connectivity index (χ1v) is 10.8. The number of likely N-dealkylation sites (tertiary alicyclic amines) is 1. The number of anilines is 2. The number of oxazole rings is 1. The van der Waals surface area contributed by atoms with Gasteiger partial charge in [-0.25, -0.2) is 4.98 Å². The van der Waals surface area contributed by atoms with Gasteiger partial charge in [0.25, 0.3) is 0 Å². The second-order valence-corrected chi connectivity index (χ2v) is 9.00. The fourth-order valence-electron chi connectivity index (χ4n) is 3.64. The maximum absolute atomic E-state index is 6.02. The lowest BCUT2D eigenvalue weighted by molar-refractivity contribution is 0.185. The van der Waals surface area contributed by atoms with Gasteiger partial charge in [-0.15, -0.1) is 0 Å². The minimum absolute atomic E-state index is 0.430. The molecule has 0 radical (unpaired) electrons. The molecular weight excluding hydrogens is 392 g/mol. The maximum Gasteiger partial charge on any atom is 0.302 e. The van der Waals surface area contributed by atoms with E-state index >= 15 is 0 Å². The van der Waals surface area contributed by atoms with Crippen molar-refractivity contribution in [3.8, 4) is 0 Å². The van der Waals surface area contributed by atoms with Gasteiger partial charge in [-0.3, -0.25) is 10.2 Å². The van der Waals surface area contributed by atoms with E-state index < -0.39 is 0 Å². The van der Waals surface area contributed by atoms with Gasteiger partial charge in [0.15, 0.2) is 10.7 Å². The first-order valence-electron chi connectivity index (χ1n) is 9.57. The van der Waals surface area contributed by atoms with Crippen LogP contribution in [0.4, 0.5) is 11.1 Å². The van der Waals surface area contributed by atoms with E-state index in [0.29, 0.717) is 16.6 Å². The van der Waals surface area contributed by atoms with Crippen LogP contribution in [0.1, 0.15) is 25.3 Å². The lowest BCUT2D eigenvalue weighted by atomic mass is 9.99. The average Bonchev–Trinajstić information content (AvgIpc) is 3.25. The Morgan fingerprint density at radius 1 is 1.14 bits per heavy atom. The Kier molecular flexibility index (Phi) is 4.70. The molecule has 1 saturated heterocycles. The quantitative estimate of drug-likeness (QED) is 0.441. The number of piperidine rings is 1. The van der Waals surface area contributed by atoms with Crippen LogP contribution in [0.15, 0.2) is 40.8 Å². The number of nitrogens with zero attached hydrogens (tertiary/aromatic N) is 3. The highest BCUT2D eigenvalue weighted by atomic mass is 35.5. The Hall–Kier alpha value is -2.15. The smallest absolute Gasteiger partial charge is 0.302 e. The Bertz CT molecular complexity index is 1130. The standard InChI is InChI=1S/C21H21ClN4OS/c1-13-6-8-26(9-7-13)12-14-2-4-16-19(10-14)28-21(24-16)25-20-23-17-11-15(22)3-5-18(17)27-20/h2-5,10-11,13H,6-9,12H2,1H3,(H,23,24,25). The summed E-state index contributed by atoms with van der Waals surface area (Å²) in [6, 6.07) is 12.4. The van der Waals surface area contributed by atoms with Gasteiger partial charge in [0.2, 0.25) is 0 Å². The van der Waals surface area contributed by atoms with E-state index in [2.05, 4.69) is 45.3 Å². The highest BCUT2D eigenvalue weighted by molar-refractivity contribution is 7.22. The van der Waals surface area contributed by atoms with Crippen molar-refractivity contribution in [1.29, 1.82) is 0 Å². The maximum atomic E-state index is 6.02. The fraction of sp³-hybridized carbons (Fsp3) is 0.333. The van der Waals surface area contributed by atoms with E-state index in [9.17, 15) is 0 Å². The summed E-state index contributed by atoms with van der Waals surface area (Å²) in [6.07, 6.45) is 2.60. The van der Waals surface area contributed by atoms with Crippen LogP contribution in [0.3, 0.4) is 0 Å². The van der Waals surface area contributed by atoms with Gasteiger partial charge in [-0.05, 0) is 67.7 Å². The summed E-state index contributed by atoms with van der Waals surface area (Å²) in [5, 5.41) is 4.60. The minimum atomic E-state index is 0.430. The molecule has 3 heterocycles. The third-order valence-electron chi connectivity index (χ3n) is 5.30. The number of halogens is 1. The summed E-state index contributed by atoms with van der Waals surface area (Å²) in [5.74, 6) is 0.858. The van der Waals surface area contributed by atoms with Crippen LogP contribution in [0.2, 0.25) is 5.02 Å². The van der Waals surface area contributed by atoms with Crippen LogP contribution in [-0.2, 0) is 6.54 Å². The second-order valence-electron chi connectivity index (χ2n) is 7.54. The molecule has 1 aliphatic rings. The van der Waals surface area contributed by atoms with Gasteiger partial charge in [0, 0.05) is 11.6 Å². The molecular formula is C21H21ClN4OS. The average molecular weight is 413 g/mol. The molecule has 5 nitrogen and oxygen atoms in total. The zero-order chi connectivity index (χ0) is 19.1. The van der Waals surface area contributed by atoms with Crippen molar-refractivity contribution >= 4 is 55.4 Å². The molecule has 0 unspecified atom stereocenters. The van der Waals surface area contributed by atoms with Gasteiger partial charge >= 0.3 is 6.01 Å². The molecule has 1 aliphatic heterocycles. The Morgan fingerprint density at radius 2 is 2.00 bits per heavy atom. The molecule has 2 aromatic heterocycles. The lowest BCUT2D eigenvalue weighted by Crippen LogP contribution is -2.32. The number of thiazole rings is 1. The molecule has 0 bridgehead atoms. The zero-order valence-electron chi connectivity index (χ0n) is 15.6. The molecule has 144 valence electrons. The molecule has 1 N–H and O–H groups in total. The van der Waals surface area contributed by atoms with Crippen LogP contribution < -0.4 is 5.32 Å². The molecule has 2 aromatic carbocycles. The first-order chi connectivity index (χ1) is 13.6. The predicted octanol–water partition coefficient (Wildman–Crippen LogP) is 6.07. The van der Waals surface area contributed by atoms with Crippen molar-refractivity contribution in [3.05, 3.63) is 47.0 Å². The summed E-state index contributed by atoms with van der Waals surface area (Å²) in [5.41, 5.74) is 3.76. The number of hydrogen-bond acceptors (Lipinski definition) is 6. The van der Waals surface area contributed by atoms with Crippen molar-refractivity contribution in [3.63, 3.8) is 0 Å². The Morgan fingerprint density at radius 3 is 2.86 bits per heavy atom. The molecule has 0 aliphatic carbocycles. The highest BCUT2D eigenvalue weighted by Crippen LogP contribution is 2.31. The van der Waals surface area contributed by atoms with Gasteiger partial charge in [0.1, 0.15) is 5.52 Å².